The Morgan fingerprint density at radius 3 is 2.60 bits per heavy atom. The first-order valence-electron chi connectivity index (χ1n) is 7.78. The van der Waals surface area contributed by atoms with Gasteiger partial charge in [-0.25, -0.2) is 9.67 Å². The normalized spacial score (nSPS) is 10.3. The lowest BCUT2D eigenvalue weighted by atomic mass is 10.1. The molecule has 0 aliphatic heterocycles. The number of amides is 1. The van der Waals surface area contributed by atoms with Gasteiger partial charge in [0.05, 0.1) is 19.4 Å². The van der Waals surface area contributed by atoms with E-state index in [1.54, 1.807) is 48.5 Å². The zero-order chi connectivity index (χ0) is 17.6. The minimum atomic E-state index is -0.227. The number of anilines is 1. The zero-order valence-corrected chi connectivity index (χ0v) is 14.0. The molecule has 0 spiro atoms. The van der Waals surface area contributed by atoms with Crippen molar-refractivity contribution >= 4 is 11.6 Å². The number of ether oxygens (including phenoxy) is 2. The summed E-state index contributed by atoms with van der Waals surface area (Å²) >= 11 is 0. The number of nitrogens with one attached hydrogen (secondary N) is 1. The molecule has 2 aromatic carbocycles. The van der Waals surface area contributed by atoms with E-state index in [4.69, 9.17) is 9.47 Å². The molecule has 0 fully saturated rings. The molecule has 0 aliphatic rings. The first-order valence-corrected chi connectivity index (χ1v) is 7.78. The van der Waals surface area contributed by atoms with Crippen LogP contribution in [0.4, 0.5) is 5.69 Å². The maximum Gasteiger partial charge on any atom is 0.255 e. The summed E-state index contributed by atoms with van der Waals surface area (Å²) < 4.78 is 12.4. The molecule has 0 bridgehead atoms. The molecule has 1 aromatic heterocycles. The number of hydrogen-bond donors (Lipinski definition) is 1. The third-order valence-corrected chi connectivity index (χ3v) is 3.53. The van der Waals surface area contributed by atoms with Crippen LogP contribution in [-0.4, -0.2) is 34.4 Å². The zero-order valence-electron chi connectivity index (χ0n) is 14.0. The van der Waals surface area contributed by atoms with Gasteiger partial charge >= 0.3 is 0 Å². The number of benzene rings is 2. The number of rotatable bonds is 6. The lowest BCUT2D eigenvalue weighted by Gasteiger charge is -2.11. The lowest BCUT2D eigenvalue weighted by molar-refractivity contribution is 0.102. The molecule has 1 heterocycles. The highest BCUT2D eigenvalue weighted by Gasteiger charge is 2.11. The quantitative estimate of drug-likeness (QED) is 0.748. The standard InChI is InChI=1S/C18H18N4O3/c1-3-25-16-9-4-13(10-17(16)24-2)18(23)21-14-5-7-15(8-6-14)22-12-19-11-20-22/h4-12H,3H2,1-2H3,(H,21,23). The Kier molecular flexibility index (Phi) is 4.94. The van der Waals surface area contributed by atoms with Crippen molar-refractivity contribution in [3.63, 3.8) is 0 Å². The van der Waals surface area contributed by atoms with Gasteiger partial charge < -0.3 is 14.8 Å². The molecule has 7 heteroatoms. The van der Waals surface area contributed by atoms with Crippen molar-refractivity contribution in [3.05, 3.63) is 60.7 Å². The summed E-state index contributed by atoms with van der Waals surface area (Å²) in [4.78, 5) is 16.3. The van der Waals surface area contributed by atoms with Gasteiger partial charge in [0, 0.05) is 11.3 Å². The fraction of sp³-hybridized carbons (Fsp3) is 0.167. The lowest BCUT2D eigenvalue weighted by Crippen LogP contribution is -2.12. The molecule has 0 aliphatic carbocycles. The van der Waals surface area contributed by atoms with Crippen LogP contribution < -0.4 is 14.8 Å². The highest BCUT2D eigenvalue weighted by molar-refractivity contribution is 6.04. The van der Waals surface area contributed by atoms with Gasteiger partial charge in [0.2, 0.25) is 0 Å². The van der Waals surface area contributed by atoms with E-state index >= 15 is 0 Å². The van der Waals surface area contributed by atoms with E-state index < -0.39 is 0 Å². The van der Waals surface area contributed by atoms with E-state index in [0.717, 1.165) is 5.69 Å². The van der Waals surface area contributed by atoms with Gasteiger partial charge in [-0.3, -0.25) is 4.79 Å². The van der Waals surface area contributed by atoms with Crippen LogP contribution in [-0.2, 0) is 0 Å². The van der Waals surface area contributed by atoms with E-state index in [-0.39, 0.29) is 5.91 Å². The molecule has 128 valence electrons. The van der Waals surface area contributed by atoms with Gasteiger partial charge in [0.1, 0.15) is 12.7 Å². The molecule has 0 saturated carbocycles. The number of hydrogen-bond acceptors (Lipinski definition) is 5. The molecule has 25 heavy (non-hydrogen) atoms. The first-order chi connectivity index (χ1) is 12.2. The first kappa shape index (κ1) is 16.5. The summed E-state index contributed by atoms with van der Waals surface area (Å²) in [5.41, 5.74) is 2.03. The van der Waals surface area contributed by atoms with Crippen LogP contribution in [0.5, 0.6) is 11.5 Å². The SMILES string of the molecule is CCOc1ccc(C(=O)Nc2ccc(-n3cncn3)cc2)cc1OC. The van der Waals surface area contributed by atoms with Gasteiger partial charge in [0.25, 0.3) is 5.91 Å². The Balaban J connectivity index is 1.73. The third kappa shape index (κ3) is 3.77. The van der Waals surface area contributed by atoms with Crippen molar-refractivity contribution in [2.45, 2.75) is 6.92 Å². The maximum absolute atomic E-state index is 12.4. The van der Waals surface area contributed by atoms with Crippen molar-refractivity contribution in [2.75, 3.05) is 19.0 Å². The average Bonchev–Trinajstić information content (AvgIpc) is 3.17. The minimum absolute atomic E-state index is 0.227. The average molecular weight is 338 g/mol. The van der Waals surface area contributed by atoms with Gasteiger partial charge in [-0.05, 0) is 49.4 Å². The topological polar surface area (TPSA) is 78.3 Å². The second kappa shape index (κ2) is 7.48. The summed E-state index contributed by atoms with van der Waals surface area (Å²) in [5, 5.41) is 6.91. The van der Waals surface area contributed by atoms with Crippen molar-refractivity contribution in [3.8, 4) is 17.2 Å². The Hall–Kier alpha value is -3.35. The molecule has 1 amide bonds. The fourth-order valence-electron chi connectivity index (χ4n) is 2.33. The molecule has 7 nitrogen and oxygen atoms in total. The van der Waals surface area contributed by atoms with E-state index in [1.165, 1.54) is 6.33 Å². The molecule has 3 aromatic rings. The van der Waals surface area contributed by atoms with Crippen molar-refractivity contribution in [1.82, 2.24) is 14.8 Å². The molecule has 0 unspecified atom stereocenters. The Bertz CT molecular complexity index is 845. The number of methoxy groups -OCH3 is 1. The summed E-state index contributed by atoms with van der Waals surface area (Å²) in [6.07, 6.45) is 3.08. The van der Waals surface area contributed by atoms with Crippen LogP contribution >= 0.6 is 0 Å². The van der Waals surface area contributed by atoms with E-state index in [9.17, 15) is 4.79 Å². The van der Waals surface area contributed by atoms with Crippen LogP contribution in [0.1, 0.15) is 17.3 Å². The molecular weight excluding hydrogens is 320 g/mol. The predicted octanol–water partition coefficient (Wildman–Crippen LogP) is 2.93. The van der Waals surface area contributed by atoms with Crippen LogP contribution in [0.25, 0.3) is 5.69 Å². The predicted molar refractivity (Wildman–Crippen MR) is 93.5 cm³/mol. The summed E-state index contributed by atoms with van der Waals surface area (Å²) in [5.74, 6) is 0.907. The van der Waals surface area contributed by atoms with Gasteiger partial charge in [0.15, 0.2) is 11.5 Å². The van der Waals surface area contributed by atoms with Crippen molar-refractivity contribution < 1.29 is 14.3 Å². The maximum atomic E-state index is 12.4. The van der Waals surface area contributed by atoms with Gasteiger partial charge in [-0.1, -0.05) is 0 Å². The summed E-state index contributed by atoms with van der Waals surface area (Å²) in [6, 6.07) is 12.4. The highest BCUT2D eigenvalue weighted by Crippen LogP contribution is 2.28. The van der Waals surface area contributed by atoms with Gasteiger partial charge in [-0.15, -0.1) is 0 Å². The molecule has 0 atom stereocenters. The Morgan fingerprint density at radius 2 is 1.96 bits per heavy atom. The number of nitrogens with zero attached hydrogens (tertiary/aromatic N) is 3. The molecular formula is C18H18N4O3. The molecule has 0 radical (unpaired) electrons. The summed E-state index contributed by atoms with van der Waals surface area (Å²) in [7, 11) is 1.54. The number of carbonyl (C=O) groups is 1. The third-order valence-electron chi connectivity index (χ3n) is 3.53. The monoisotopic (exact) mass is 338 g/mol. The van der Waals surface area contributed by atoms with Crippen LogP contribution in [0, 0.1) is 0 Å². The number of carbonyl (C=O) groups excluding carboxylic acids is 1. The second-order valence-corrected chi connectivity index (χ2v) is 5.14. The molecule has 1 N–H and O–H groups in total. The van der Waals surface area contributed by atoms with Gasteiger partial charge in [-0.2, -0.15) is 5.10 Å². The smallest absolute Gasteiger partial charge is 0.255 e. The Labute approximate surface area is 145 Å². The van der Waals surface area contributed by atoms with Crippen molar-refractivity contribution in [1.29, 1.82) is 0 Å². The van der Waals surface area contributed by atoms with Crippen LogP contribution in [0.2, 0.25) is 0 Å². The number of aromatic nitrogens is 3. The van der Waals surface area contributed by atoms with Crippen molar-refractivity contribution in [2.24, 2.45) is 0 Å². The largest absolute Gasteiger partial charge is 0.493 e. The second-order valence-electron chi connectivity index (χ2n) is 5.14. The molecule has 3 rings (SSSR count). The summed E-state index contributed by atoms with van der Waals surface area (Å²) in [6.45, 7) is 2.42. The van der Waals surface area contributed by atoms with Crippen LogP contribution in [0.3, 0.4) is 0 Å². The van der Waals surface area contributed by atoms with E-state index in [0.29, 0.717) is 29.4 Å². The van der Waals surface area contributed by atoms with Crippen LogP contribution in [0.15, 0.2) is 55.1 Å². The Morgan fingerprint density at radius 1 is 1.16 bits per heavy atom. The molecule has 0 saturated heterocycles. The van der Waals surface area contributed by atoms with E-state index in [1.807, 2.05) is 19.1 Å². The highest BCUT2D eigenvalue weighted by atomic mass is 16.5. The minimum Gasteiger partial charge on any atom is -0.493 e. The van der Waals surface area contributed by atoms with E-state index in [2.05, 4.69) is 15.4 Å². The fourth-order valence-corrected chi connectivity index (χ4v) is 2.33.